The number of likely N-dealkylation sites (N-methyl/N-ethyl adjacent to an activating group) is 1. The molecular weight excluding hydrogens is 267 g/mol. The second-order valence-electron chi connectivity index (χ2n) is 4.60. The van der Waals surface area contributed by atoms with E-state index >= 15 is 0 Å². The summed E-state index contributed by atoms with van der Waals surface area (Å²) in [7, 11) is 0. The standard InChI is InChI=1S/C11H14ClF3N3/c1-4-18(6(2)7(18)3)9-8(11(13,14)15)5-16-10(12)17-9/h5-7H,4H2,1-3H3/q+1/t6-,7?,18?/m0/s1. The van der Waals surface area contributed by atoms with Gasteiger partial charge in [0.15, 0.2) is 5.56 Å². The highest BCUT2D eigenvalue weighted by Crippen LogP contribution is 2.48. The molecule has 3 nitrogen and oxygen atoms in total. The van der Waals surface area contributed by atoms with Crippen LogP contribution in [0.4, 0.5) is 19.0 Å². The summed E-state index contributed by atoms with van der Waals surface area (Å²) in [4.78, 5) is 7.31. The van der Waals surface area contributed by atoms with Crippen molar-refractivity contribution in [3.63, 3.8) is 0 Å². The van der Waals surface area contributed by atoms with Crippen LogP contribution in [0.1, 0.15) is 26.3 Å². The predicted molar refractivity (Wildman–Crippen MR) is 63.3 cm³/mol. The van der Waals surface area contributed by atoms with Crippen molar-refractivity contribution >= 4 is 17.4 Å². The summed E-state index contributed by atoms with van der Waals surface area (Å²) in [5, 5.41) is -0.143. The number of nitrogens with zero attached hydrogens (tertiary/aromatic N) is 3. The van der Waals surface area contributed by atoms with Crippen LogP contribution < -0.4 is 4.48 Å². The van der Waals surface area contributed by atoms with E-state index in [0.29, 0.717) is 6.54 Å². The van der Waals surface area contributed by atoms with E-state index in [0.717, 1.165) is 6.20 Å². The number of rotatable bonds is 2. The summed E-state index contributed by atoms with van der Waals surface area (Å²) in [5.41, 5.74) is -0.787. The second-order valence-corrected chi connectivity index (χ2v) is 4.94. The van der Waals surface area contributed by atoms with E-state index in [-0.39, 0.29) is 27.7 Å². The topological polar surface area (TPSA) is 25.8 Å². The fourth-order valence-electron chi connectivity index (χ4n) is 2.74. The molecule has 0 N–H and O–H groups in total. The van der Waals surface area contributed by atoms with Crippen molar-refractivity contribution < 1.29 is 13.2 Å². The average molecular weight is 281 g/mol. The van der Waals surface area contributed by atoms with Gasteiger partial charge in [0.25, 0.3) is 0 Å². The van der Waals surface area contributed by atoms with Gasteiger partial charge in [0.05, 0.1) is 12.7 Å². The number of halogens is 4. The van der Waals surface area contributed by atoms with Crippen LogP contribution >= 0.6 is 11.6 Å². The van der Waals surface area contributed by atoms with Gasteiger partial charge in [0, 0.05) is 0 Å². The molecule has 1 aliphatic heterocycles. The zero-order valence-electron chi connectivity index (χ0n) is 10.3. The fourth-order valence-corrected chi connectivity index (χ4v) is 2.87. The van der Waals surface area contributed by atoms with Gasteiger partial charge in [-0.15, -0.1) is 0 Å². The Bertz CT molecular complexity index is 467. The molecule has 0 aromatic carbocycles. The lowest BCUT2D eigenvalue weighted by molar-refractivity contribution is -0.138. The van der Waals surface area contributed by atoms with Crippen molar-refractivity contribution in [3.8, 4) is 0 Å². The summed E-state index contributed by atoms with van der Waals surface area (Å²) >= 11 is 5.65. The van der Waals surface area contributed by atoms with Gasteiger partial charge in [-0.3, -0.25) is 4.48 Å². The van der Waals surface area contributed by atoms with Crippen LogP contribution in [-0.4, -0.2) is 28.6 Å². The van der Waals surface area contributed by atoms with Crippen LogP contribution in [0.15, 0.2) is 6.20 Å². The van der Waals surface area contributed by atoms with Crippen molar-refractivity contribution in [2.45, 2.75) is 39.0 Å². The third-order valence-corrected chi connectivity index (χ3v) is 4.21. The van der Waals surface area contributed by atoms with Crippen molar-refractivity contribution in [1.29, 1.82) is 0 Å². The Labute approximate surface area is 108 Å². The van der Waals surface area contributed by atoms with E-state index in [1.807, 2.05) is 20.8 Å². The number of hydrogen-bond acceptors (Lipinski definition) is 2. The summed E-state index contributed by atoms with van der Waals surface area (Å²) in [6, 6.07) is 0.226. The monoisotopic (exact) mass is 280 g/mol. The first-order valence-electron chi connectivity index (χ1n) is 5.72. The van der Waals surface area contributed by atoms with Gasteiger partial charge < -0.3 is 0 Å². The van der Waals surface area contributed by atoms with Crippen molar-refractivity contribution in [1.82, 2.24) is 14.5 Å². The molecule has 2 rings (SSSR count). The highest BCUT2D eigenvalue weighted by atomic mass is 35.5. The summed E-state index contributed by atoms with van der Waals surface area (Å²) in [6.45, 7) is 6.25. The molecule has 18 heavy (non-hydrogen) atoms. The summed E-state index contributed by atoms with van der Waals surface area (Å²) < 4.78 is 39.2. The average Bonchev–Trinajstić information content (AvgIpc) is 2.80. The van der Waals surface area contributed by atoms with Gasteiger partial charge >= 0.3 is 6.18 Å². The zero-order valence-corrected chi connectivity index (χ0v) is 11.0. The minimum absolute atomic E-state index is 0.00926. The molecule has 2 heterocycles. The first-order valence-corrected chi connectivity index (χ1v) is 6.10. The molecule has 0 saturated carbocycles. The first-order chi connectivity index (χ1) is 8.25. The molecule has 0 amide bonds. The van der Waals surface area contributed by atoms with Crippen LogP contribution in [0.3, 0.4) is 0 Å². The Morgan fingerprint density at radius 2 is 1.89 bits per heavy atom. The second kappa shape index (κ2) is 4.06. The molecule has 1 saturated heterocycles. The van der Waals surface area contributed by atoms with E-state index in [2.05, 4.69) is 9.97 Å². The number of quaternary nitrogens is 1. The SMILES string of the molecule is CC[N+]1(c2nc(Cl)ncc2C(F)(F)F)C(C)[C@@H]1C. The first kappa shape index (κ1) is 13.5. The molecule has 2 unspecified atom stereocenters. The Balaban J connectivity index is 2.60. The molecule has 1 fully saturated rings. The van der Waals surface area contributed by atoms with Crippen LogP contribution in [0.2, 0.25) is 5.28 Å². The number of aromatic nitrogens is 2. The Kier molecular flexibility index (Phi) is 3.06. The van der Waals surface area contributed by atoms with Gasteiger partial charge in [-0.05, 0) is 32.4 Å². The quantitative estimate of drug-likeness (QED) is 0.472. The van der Waals surface area contributed by atoms with Gasteiger partial charge in [0.1, 0.15) is 12.1 Å². The molecule has 0 spiro atoms. The van der Waals surface area contributed by atoms with Gasteiger partial charge in [-0.2, -0.15) is 18.2 Å². The lowest BCUT2D eigenvalue weighted by Crippen LogP contribution is -2.33. The minimum atomic E-state index is -4.46. The van der Waals surface area contributed by atoms with E-state index in [1.165, 1.54) is 0 Å². The molecule has 1 aromatic rings. The van der Waals surface area contributed by atoms with Gasteiger partial charge in [-0.25, -0.2) is 4.98 Å². The van der Waals surface area contributed by atoms with Crippen LogP contribution in [0, 0.1) is 0 Å². The predicted octanol–water partition coefficient (Wildman–Crippen LogP) is 3.27. The Morgan fingerprint density at radius 1 is 1.33 bits per heavy atom. The van der Waals surface area contributed by atoms with Crippen LogP contribution in [0.5, 0.6) is 0 Å². The maximum atomic E-state index is 13.0. The largest absolute Gasteiger partial charge is 0.425 e. The lowest BCUT2D eigenvalue weighted by atomic mass is 10.2. The lowest BCUT2D eigenvalue weighted by Gasteiger charge is -2.21. The maximum Gasteiger partial charge on any atom is 0.425 e. The van der Waals surface area contributed by atoms with Gasteiger partial charge in [-0.1, -0.05) is 0 Å². The smallest absolute Gasteiger partial charge is 0.260 e. The molecule has 100 valence electrons. The molecule has 1 aliphatic rings. The molecule has 0 radical (unpaired) electrons. The molecule has 3 atom stereocenters. The van der Waals surface area contributed by atoms with Crippen LogP contribution in [0.25, 0.3) is 0 Å². The van der Waals surface area contributed by atoms with E-state index in [4.69, 9.17) is 11.6 Å². The normalized spacial score (nSPS) is 31.5. The third-order valence-electron chi connectivity index (χ3n) is 4.02. The minimum Gasteiger partial charge on any atom is -0.260 e. The van der Waals surface area contributed by atoms with E-state index in [1.54, 1.807) is 0 Å². The molecule has 0 aliphatic carbocycles. The highest BCUT2D eigenvalue weighted by Gasteiger charge is 2.64. The van der Waals surface area contributed by atoms with Crippen LogP contribution in [-0.2, 0) is 6.18 Å². The van der Waals surface area contributed by atoms with E-state index < -0.39 is 11.7 Å². The Morgan fingerprint density at radius 3 is 2.28 bits per heavy atom. The van der Waals surface area contributed by atoms with Gasteiger partial charge in [0.2, 0.25) is 11.1 Å². The Hall–Kier alpha value is -0.880. The highest BCUT2D eigenvalue weighted by molar-refractivity contribution is 6.28. The molecular formula is C11H14ClF3N3+. The molecule has 0 bridgehead atoms. The van der Waals surface area contributed by atoms with Crippen molar-refractivity contribution in [2.24, 2.45) is 0 Å². The number of alkyl halides is 3. The summed E-state index contributed by atoms with van der Waals surface area (Å²) in [6.07, 6.45) is -3.68. The fraction of sp³-hybridized carbons (Fsp3) is 0.636. The molecule has 7 heteroatoms. The third kappa shape index (κ3) is 1.78. The van der Waals surface area contributed by atoms with Crippen molar-refractivity contribution in [3.05, 3.63) is 17.0 Å². The summed E-state index contributed by atoms with van der Waals surface area (Å²) in [5.74, 6) is -0.00926. The molecule has 1 aromatic heterocycles. The zero-order chi connectivity index (χ0) is 13.7. The van der Waals surface area contributed by atoms with Crippen molar-refractivity contribution in [2.75, 3.05) is 6.54 Å². The van der Waals surface area contributed by atoms with E-state index in [9.17, 15) is 13.2 Å². The maximum absolute atomic E-state index is 13.0. The number of hydrogen-bond donors (Lipinski definition) is 0.